The first kappa shape index (κ1) is 22.3. The summed E-state index contributed by atoms with van der Waals surface area (Å²) in [5, 5.41) is 3.77. The second kappa shape index (κ2) is 8.90. The summed E-state index contributed by atoms with van der Waals surface area (Å²) in [6.07, 6.45) is 2.22. The maximum Gasteiger partial charge on any atom is 0.282 e. The Kier molecular flexibility index (Phi) is 6.20. The lowest BCUT2D eigenvalue weighted by Gasteiger charge is -2.19. The maximum atomic E-state index is 13.1. The van der Waals surface area contributed by atoms with E-state index in [9.17, 15) is 13.2 Å². The average molecular weight is 485 g/mol. The van der Waals surface area contributed by atoms with Crippen LogP contribution in [0.4, 0.5) is 5.69 Å². The zero-order chi connectivity index (χ0) is 22.9. The van der Waals surface area contributed by atoms with Gasteiger partial charge in [-0.05, 0) is 48.4 Å². The minimum absolute atomic E-state index is 0.0809. The first-order valence-electron chi connectivity index (χ1n) is 9.80. The van der Waals surface area contributed by atoms with E-state index in [-0.39, 0.29) is 22.1 Å². The summed E-state index contributed by atoms with van der Waals surface area (Å²) in [5.74, 6) is -0.305. The number of Topliss-reactive ketones (excluding diaryl/α,β-unsaturated/α-hetero) is 1. The standard InChI is InChI=1S/C24H18Cl2N2O3S/c1-2-15-7-10-17(11-8-15)32(30,31)28-21-14-23(24(29)19-6-4-3-5-18(19)21)27-22-13-16(25)9-12-20(22)26/h3-14,27H,2H2,1H3. The van der Waals surface area contributed by atoms with E-state index >= 15 is 0 Å². The molecule has 3 aromatic rings. The number of aryl methyl sites for hydroxylation is 1. The van der Waals surface area contributed by atoms with Crippen LogP contribution >= 0.6 is 23.2 Å². The van der Waals surface area contributed by atoms with Gasteiger partial charge in [-0.3, -0.25) is 4.79 Å². The molecular formula is C24H18Cl2N2O3S. The van der Waals surface area contributed by atoms with E-state index in [1.165, 1.54) is 18.2 Å². The number of sulfonamides is 1. The molecule has 1 aliphatic rings. The third-order valence-electron chi connectivity index (χ3n) is 5.02. The van der Waals surface area contributed by atoms with Crippen molar-refractivity contribution in [3.05, 3.63) is 105 Å². The van der Waals surface area contributed by atoms with Crippen LogP contribution in [0.5, 0.6) is 0 Å². The van der Waals surface area contributed by atoms with Gasteiger partial charge >= 0.3 is 0 Å². The van der Waals surface area contributed by atoms with Crippen molar-refractivity contribution in [2.45, 2.75) is 18.2 Å². The zero-order valence-electron chi connectivity index (χ0n) is 17.0. The predicted molar refractivity (Wildman–Crippen MR) is 128 cm³/mol. The summed E-state index contributed by atoms with van der Waals surface area (Å²) in [6, 6.07) is 18.1. The number of halogens is 2. The number of carbonyl (C=O) groups excluding carboxylic acids is 1. The Labute approximate surface area is 196 Å². The number of hydrogen-bond donors (Lipinski definition) is 1. The van der Waals surface area contributed by atoms with Crippen molar-refractivity contribution in [3.8, 4) is 0 Å². The lowest BCUT2D eigenvalue weighted by molar-refractivity contribution is 0.103. The Morgan fingerprint density at radius 1 is 0.938 bits per heavy atom. The van der Waals surface area contributed by atoms with Gasteiger partial charge in [-0.2, -0.15) is 12.8 Å². The largest absolute Gasteiger partial charge is 0.351 e. The number of benzene rings is 3. The molecular weight excluding hydrogens is 467 g/mol. The fourth-order valence-electron chi connectivity index (χ4n) is 3.32. The van der Waals surface area contributed by atoms with E-state index in [1.54, 1.807) is 54.6 Å². The highest BCUT2D eigenvalue weighted by atomic mass is 35.5. The fourth-order valence-corrected chi connectivity index (χ4v) is 4.65. The van der Waals surface area contributed by atoms with Crippen LogP contribution in [0.25, 0.3) is 0 Å². The zero-order valence-corrected chi connectivity index (χ0v) is 19.3. The third kappa shape index (κ3) is 4.48. The topological polar surface area (TPSA) is 75.6 Å². The minimum Gasteiger partial charge on any atom is -0.351 e. The molecule has 0 atom stereocenters. The van der Waals surface area contributed by atoms with Gasteiger partial charge in [-0.15, -0.1) is 0 Å². The highest BCUT2D eigenvalue weighted by Crippen LogP contribution is 2.30. The van der Waals surface area contributed by atoms with Crippen LogP contribution in [-0.2, 0) is 16.4 Å². The van der Waals surface area contributed by atoms with Gasteiger partial charge in [0.1, 0.15) is 0 Å². The fraction of sp³-hybridized carbons (Fsp3) is 0.0833. The molecule has 0 amide bonds. The van der Waals surface area contributed by atoms with Gasteiger partial charge < -0.3 is 5.32 Å². The van der Waals surface area contributed by atoms with Crippen molar-refractivity contribution >= 4 is 50.4 Å². The van der Waals surface area contributed by atoms with E-state index in [0.29, 0.717) is 26.9 Å². The molecule has 0 fully saturated rings. The van der Waals surface area contributed by atoms with Gasteiger partial charge in [-0.1, -0.05) is 66.5 Å². The summed E-state index contributed by atoms with van der Waals surface area (Å²) in [7, 11) is -4.00. The molecule has 0 saturated heterocycles. The van der Waals surface area contributed by atoms with Crippen molar-refractivity contribution in [2.75, 3.05) is 5.32 Å². The van der Waals surface area contributed by atoms with Crippen molar-refractivity contribution in [1.82, 2.24) is 0 Å². The van der Waals surface area contributed by atoms with Crippen LogP contribution in [-0.4, -0.2) is 19.9 Å². The summed E-state index contributed by atoms with van der Waals surface area (Å²) < 4.78 is 30.1. The molecule has 0 aromatic heterocycles. The van der Waals surface area contributed by atoms with Crippen LogP contribution in [0.3, 0.4) is 0 Å². The highest BCUT2D eigenvalue weighted by Gasteiger charge is 2.26. The molecule has 4 rings (SSSR count). The first-order valence-corrected chi connectivity index (χ1v) is 12.0. The smallest absolute Gasteiger partial charge is 0.282 e. The number of carbonyl (C=O) groups is 1. The van der Waals surface area contributed by atoms with Gasteiger partial charge in [0.15, 0.2) is 0 Å². The second-order valence-corrected chi connectivity index (χ2v) is 9.58. The van der Waals surface area contributed by atoms with Crippen molar-refractivity contribution in [1.29, 1.82) is 0 Å². The number of fused-ring (bicyclic) bond motifs is 1. The Bertz CT molecular complexity index is 1380. The summed E-state index contributed by atoms with van der Waals surface area (Å²) >= 11 is 12.3. The SMILES string of the molecule is CCc1ccc(S(=O)(=O)N=C2C=C(Nc3cc(Cl)ccc3Cl)C(=O)c3ccccc32)cc1. The van der Waals surface area contributed by atoms with E-state index in [2.05, 4.69) is 9.71 Å². The molecule has 3 aromatic carbocycles. The highest BCUT2D eigenvalue weighted by molar-refractivity contribution is 7.90. The monoisotopic (exact) mass is 484 g/mol. The number of anilines is 1. The molecule has 1 aliphatic carbocycles. The Balaban J connectivity index is 1.81. The Morgan fingerprint density at radius 2 is 1.62 bits per heavy atom. The van der Waals surface area contributed by atoms with Crippen molar-refractivity contribution < 1.29 is 13.2 Å². The number of hydrogen-bond acceptors (Lipinski definition) is 4. The van der Waals surface area contributed by atoms with Crippen molar-refractivity contribution in [3.63, 3.8) is 0 Å². The number of allylic oxidation sites excluding steroid dienone is 2. The molecule has 8 heteroatoms. The molecule has 1 N–H and O–H groups in total. The van der Waals surface area contributed by atoms with E-state index in [0.717, 1.165) is 12.0 Å². The van der Waals surface area contributed by atoms with Crippen LogP contribution in [0, 0.1) is 0 Å². The van der Waals surface area contributed by atoms with Gasteiger partial charge in [0.05, 0.1) is 27.0 Å². The summed E-state index contributed by atoms with van der Waals surface area (Å²) in [5.41, 5.74) is 2.52. The Morgan fingerprint density at radius 3 is 2.31 bits per heavy atom. The van der Waals surface area contributed by atoms with E-state index in [1.807, 2.05) is 6.92 Å². The van der Waals surface area contributed by atoms with E-state index in [4.69, 9.17) is 23.2 Å². The molecule has 5 nitrogen and oxygen atoms in total. The maximum absolute atomic E-state index is 13.1. The average Bonchev–Trinajstić information content (AvgIpc) is 2.79. The minimum atomic E-state index is -4.00. The molecule has 0 spiro atoms. The molecule has 32 heavy (non-hydrogen) atoms. The van der Waals surface area contributed by atoms with Crippen LogP contribution in [0.2, 0.25) is 10.0 Å². The lowest BCUT2D eigenvalue weighted by atomic mass is 9.92. The number of nitrogens with zero attached hydrogens (tertiary/aromatic N) is 1. The van der Waals surface area contributed by atoms with Gasteiger partial charge in [0, 0.05) is 16.1 Å². The lowest BCUT2D eigenvalue weighted by Crippen LogP contribution is -2.22. The second-order valence-electron chi connectivity index (χ2n) is 7.13. The quantitative estimate of drug-likeness (QED) is 0.487. The number of ketones is 1. The van der Waals surface area contributed by atoms with Crippen LogP contribution in [0.1, 0.15) is 28.4 Å². The summed E-state index contributed by atoms with van der Waals surface area (Å²) in [6.45, 7) is 1.99. The van der Waals surface area contributed by atoms with Crippen LogP contribution in [0.15, 0.2) is 87.8 Å². The molecule has 0 bridgehead atoms. The van der Waals surface area contributed by atoms with Gasteiger partial charge in [0.2, 0.25) is 5.78 Å². The molecule has 0 aliphatic heterocycles. The summed E-state index contributed by atoms with van der Waals surface area (Å²) in [4.78, 5) is 13.1. The predicted octanol–water partition coefficient (Wildman–Crippen LogP) is 5.93. The molecule has 0 radical (unpaired) electrons. The normalized spacial score (nSPS) is 14.8. The third-order valence-corrected chi connectivity index (χ3v) is 6.89. The molecule has 0 heterocycles. The Hall–Kier alpha value is -2.93. The number of rotatable bonds is 5. The number of nitrogens with one attached hydrogen (secondary N) is 1. The molecule has 162 valence electrons. The molecule has 0 saturated carbocycles. The van der Waals surface area contributed by atoms with E-state index < -0.39 is 10.0 Å². The molecule has 0 unspecified atom stereocenters. The first-order chi connectivity index (χ1) is 15.3. The van der Waals surface area contributed by atoms with Crippen molar-refractivity contribution in [2.24, 2.45) is 4.40 Å². The van der Waals surface area contributed by atoms with Crippen LogP contribution < -0.4 is 5.32 Å². The van der Waals surface area contributed by atoms with Gasteiger partial charge in [-0.25, -0.2) is 0 Å². The van der Waals surface area contributed by atoms with Gasteiger partial charge in [0.25, 0.3) is 10.0 Å².